The van der Waals surface area contributed by atoms with Crippen LogP contribution in [0, 0.1) is 5.92 Å². The lowest BCUT2D eigenvalue weighted by Gasteiger charge is -2.22. The molecule has 0 bridgehead atoms. The Bertz CT molecular complexity index is 503. The molecule has 0 radical (unpaired) electrons. The number of amides is 1. The molecule has 114 valence electrons. The quantitative estimate of drug-likeness (QED) is 0.812. The van der Waals surface area contributed by atoms with Crippen LogP contribution in [0.5, 0.6) is 11.5 Å². The van der Waals surface area contributed by atoms with Gasteiger partial charge in [0, 0.05) is 23.9 Å². The maximum atomic E-state index is 11.8. The van der Waals surface area contributed by atoms with Crippen molar-refractivity contribution in [3.8, 4) is 11.5 Å². The van der Waals surface area contributed by atoms with E-state index in [1.54, 1.807) is 18.2 Å². The normalized spacial score (nSPS) is 14.0. The molecule has 0 spiro atoms. The van der Waals surface area contributed by atoms with E-state index in [0.717, 1.165) is 19.3 Å². The summed E-state index contributed by atoms with van der Waals surface area (Å²) in [5.74, 6) is 0.416. The van der Waals surface area contributed by atoms with Gasteiger partial charge in [0.1, 0.15) is 11.5 Å². The SMILES string of the molecule is COc1cc(NC(=O)COC(=O)C2CCC2)cc(OC)c1. The number of benzene rings is 1. The van der Waals surface area contributed by atoms with Gasteiger partial charge in [-0.1, -0.05) is 6.42 Å². The fraction of sp³-hybridized carbons (Fsp3) is 0.467. The summed E-state index contributed by atoms with van der Waals surface area (Å²) in [6.45, 7) is -0.283. The highest BCUT2D eigenvalue weighted by atomic mass is 16.5. The molecule has 6 heteroatoms. The fourth-order valence-corrected chi connectivity index (χ4v) is 1.98. The van der Waals surface area contributed by atoms with Crippen molar-refractivity contribution in [3.05, 3.63) is 18.2 Å². The highest BCUT2D eigenvalue weighted by molar-refractivity contribution is 5.93. The highest BCUT2D eigenvalue weighted by Gasteiger charge is 2.27. The van der Waals surface area contributed by atoms with Gasteiger partial charge < -0.3 is 19.5 Å². The van der Waals surface area contributed by atoms with Crippen LogP contribution in [0.3, 0.4) is 0 Å². The van der Waals surface area contributed by atoms with Crippen molar-refractivity contribution >= 4 is 17.6 Å². The summed E-state index contributed by atoms with van der Waals surface area (Å²) in [5, 5.41) is 2.65. The lowest BCUT2D eigenvalue weighted by molar-refractivity contribution is -0.154. The molecule has 2 rings (SSSR count). The van der Waals surface area contributed by atoms with E-state index in [4.69, 9.17) is 14.2 Å². The molecule has 0 unspecified atom stereocenters. The first-order valence-electron chi connectivity index (χ1n) is 6.82. The summed E-state index contributed by atoms with van der Waals surface area (Å²) in [4.78, 5) is 23.3. The zero-order valence-electron chi connectivity index (χ0n) is 12.2. The smallest absolute Gasteiger partial charge is 0.309 e. The highest BCUT2D eigenvalue weighted by Crippen LogP contribution is 2.27. The Morgan fingerprint density at radius 1 is 1.14 bits per heavy atom. The van der Waals surface area contributed by atoms with Crippen molar-refractivity contribution in [1.29, 1.82) is 0 Å². The van der Waals surface area contributed by atoms with Crippen LogP contribution in [0.25, 0.3) is 0 Å². The van der Waals surface area contributed by atoms with Gasteiger partial charge >= 0.3 is 5.97 Å². The number of ether oxygens (including phenoxy) is 3. The second-order valence-corrected chi connectivity index (χ2v) is 4.89. The Morgan fingerprint density at radius 2 is 1.76 bits per heavy atom. The number of carbonyl (C=O) groups is 2. The van der Waals surface area contributed by atoms with Crippen LogP contribution in [0.15, 0.2) is 18.2 Å². The maximum absolute atomic E-state index is 11.8. The van der Waals surface area contributed by atoms with Gasteiger partial charge in [0.05, 0.1) is 20.1 Å². The molecule has 1 aromatic carbocycles. The molecule has 21 heavy (non-hydrogen) atoms. The summed E-state index contributed by atoms with van der Waals surface area (Å²) in [7, 11) is 3.06. The summed E-state index contributed by atoms with van der Waals surface area (Å²) in [6, 6.07) is 5.02. The Kier molecular flexibility index (Phi) is 5.03. The van der Waals surface area contributed by atoms with Gasteiger partial charge in [-0.05, 0) is 12.8 Å². The number of methoxy groups -OCH3 is 2. The molecule has 6 nitrogen and oxygen atoms in total. The van der Waals surface area contributed by atoms with Crippen molar-refractivity contribution in [1.82, 2.24) is 0 Å². The molecular weight excluding hydrogens is 274 g/mol. The molecule has 0 atom stereocenters. The minimum Gasteiger partial charge on any atom is -0.497 e. The maximum Gasteiger partial charge on any atom is 0.309 e. The van der Waals surface area contributed by atoms with E-state index in [9.17, 15) is 9.59 Å². The second kappa shape index (κ2) is 6.97. The van der Waals surface area contributed by atoms with Gasteiger partial charge in [-0.2, -0.15) is 0 Å². The number of esters is 1. The van der Waals surface area contributed by atoms with Crippen LogP contribution in [0.2, 0.25) is 0 Å². The molecule has 0 aromatic heterocycles. The first-order chi connectivity index (χ1) is 10.1. The summed E-state index contributed by atoms with van der Waals surface area (Å²) >= 11 is 0. The zero-order valence-corrected chi connectivity index (χ0v) is 12.2. The third-order valence-corrected chi connectivity index (χ3v) is 3.42. The van der Waals surface area contributed by atoms with E-state index >= 15 is 0 Å². The Labute approximate surface area is 123 Å². The van der Waals surface area contributed by atoms with Gasteiger partial charge in [-0.3, -0.25) is 9.59 Å². The largest absolute Gasteiger partial charge is 0.497 e. The molecule has 1 saturated carbocycles. The van der Waals surface area contributed by atoms with E-state index < -0.39 is 5.91 Å². The van der Waals surface area contributed by atoms with Crippen molar-refractivity contribution in [2.45, 2.75) is 19.3 Å². The molecule has 1 N–H and O–H groups in total. The lowest BCUT2D eigenvalue weighted by Crippen LogP contribution is -2.28. The van der Waals surface area contributed by atoms with Crippen LogP contribution in [0.4, 0.5) is 5.69 Å². The van der Waals surface area contributed by atoms with E-state index in [-0.39, 0.29) is 18.5 Å². The minimum atomic E-state index is -0.391. The average Bonchev–Trinajstić information content (AvgIpc) is 2.42. The van der Waals surface area contributed by atoms with Crippen molar-refractivity contribution < 1.29 is 23.8 Å². The number of nitrogens with one attached hydrogen (secondary N) is 1. The summed E-state index contributed by atoms with van der Waals surface area (Å²) in [5.41, 5.74) is 0.524. The Morgan fingerprint density at radius 3 is 2.24 bits per heavy atom. The van der Waals surface area contributed by atoms with E-state index in [1.165, 1.54) is 14.2 Å². The second-order valence-electron chi connectivity index (χ2n) is 4.89. The van der Waals surface area contributed by atoms with Crippen LogP contribution in [-0.4, -0.2) is 32.7 Å². The van der Waals surface area contributed by atoms with E-state index in [1.807, 2.05) is 0 Å². The third-order valence-electron chi connectivity index (χ3n) is 3.42. The fourth-order valence-electron chi connectivity index (χ4n) is 1.98. The number of hydrogen-bond acceptors (Lipinski definition) is 5. The molecule has 1 amide bonds. The number of anilines is 1. The molecule has 0 aliphatic heterocycles. The lowest BCUT2D eigenvalue weighted by atomic mass is 9.86. The number of hydrogen-bond donors (Lipinski definition) is 1. The predicted molar refractivity (Wildman–Crippen MR) is 76.5 cm³/mol. The van der Waals surface area contributed by atoms with Gasteiger partial charge in [0.2, 0.25) is 0 Å². The number of rotatable bonds is 6. The first kappa shape index (κ1) is 15.2. The summed E-state index contributed by atoms with van der Waals surface area (Å²) < 4.78 is 15.2. The topological polar surface area (TPSA) is 73.9 Å². The molecule has 0 heterocycles. The van der Waals surface area contributed by atoms with Crippen molar-refractivity contribution in [2.24, 2.45) is 5.92 Å². The van der Waals surface area contributed by atoms with Gasteiger partial charge in [-0.15, -0.1) is 0 Å². The van der Waals surface area contributed by atoms with Gasteiger partial charge in [0.15, 0.2) is 6.61 Å². The predicted octanol–water partition coefficient (Wildman–Crippen LogP) is 1.99. The average molecular weight is 293 g/mol. The van der Waals surface area contributed by atoms with Crippen LogP contribution < -0.4 is 14.8 Å². The molecule has 1 aromatic rings. The molecular formula is C15H19NO5. The minimum absolute atomic E-state index is 0.0327. The zero-order chi connectivity index (χ0) is 15.2. The van der Waals surface area contributed by atoms with Gasteiger partial charge in [0.25, 0.3) is 5.91 Å². The Hall–Kier alpha value is -2.24. The molecule has 1 aliphatic rings. The van der Waals surface area contributed by atoms with Crippen molar-refractivity contribution in [3.63, 3.8) is 0 Å². The van der Waals surface area contributed by atoms with Crippen LogP contribution in [-0.2, 0) is 14.3 Å². The monoisotopic (exact) mass is 293 g/mol. The molecule has 1 fully saturated rings. The Balaban J connectivity index is 1.88. The molecule has 0 saturated heterocycles. The van der Waals surface area contributed by atoms with Crippen molar-refractivity contribution in [2.75, 3.05) is 26.1 Å². The third kappa shape index (κ3) is 4.11. The van der Waals surface area contributed by atoms with Crippen LogP contribution >= 0.6 is 0 Å². The van der Waals surface area contributed by atoms with Crippen LogP contribution in [0.1, 0.15) is 19.3 Å². The van der Waals surface area contributed by atoms with E-state index in [0.29, 0.717) is 17.2 Å². The van der Waals surface area contributed by atoms with Gasteiger partial charge in [-0.25, -0.2) is 0 Å². The first-order valence-corrected chi connectivity index (χ1v) is 6.82. The standard InChI is InChI=1S/C15H19NO5/c1-19-12-6-11(7-13(8-12)20-2)16-14(17)9-21-15(18)10-4-3-5-10/h6-8,10H,3-5,9H2,1-2H3,(H,16,17). The molecule has 1 aliphatic carbocycles. The summed E-state index contributed by atoms with van der Waals surface area (Å²) in [6.07, 6.45) is 2.76. The number of carbonyl (C=O) groups excluding carboxylic acids is 2. The van der Waals surface area contributed by atoms with E-state index in [2.05, 4.69) is 5.32 Å².